The summed E-state index contributed by atoms with van der Waals surface area (Å²) in [5.74, 6) is 0.346. The Morgan fingerprint density at radius 2 is 1.67 bits per heavy atom. The number of halogens is 3. The first-order valence-corrected chi connectivity index (χ1v) is 6.97. The topological polar surface area (TPSA) is 55.5 Å². The Kier molecular flexibility index (Phi) is 4.16. The molecule has 4 nitrogen and oxygen atoms in total. The van der Waals surface area contributed by atoms with Crippen molar-refractivity contribution in [3.8, 4) is 22.8 Å². The van der Waals surface area contributed by atoms with Crippen molar-refractivity contribution in [3.63, 3.8) is 0 Å². The van der Waals surface area contributed by atoms with Gasteiger partial charge in [-0.3, -0.25) is 0 Å². The number of rotatable bonds is 4. The maximum atomic E-state index is 12.1. The van der Waals surface area contributed by atoms with Gasteiger partial charge in [0.1, 0.15) is 23.5 Å². The molecule has 124 valence electrons. The molecule has 0 aliphatic heterocycles. The number of hydrogen-bond donors (Lipinski definition) is 1. The normalized spacial score (nSPS) is 11.5. The summed E-state index contributed by atoms with van der Waals surface area (Å²) in [5.41, 5.74) is 2.04. The van der Waals surface area contributed by atoms with Crippen LogP contribution < -0.4 is 4.74 Å². The molecule has 7 heteroatoms. The Labute approximate surface area is 135 Å². The fourth-order valence-corrected chi connectivity index (χ4v) is 2.14. The zero-order chi connectivity index (χ0) is 17.2. The molecule has 0 saturated heterocycles. The number of phenols is 1. The van der Waals surface area contributed by atoms with E-state index in [0.717, 1.165) is 5.56 Å². The Morgan fingerprint density at radius 1 is 1.00 bits per heavy atom. The van der Waals surface area contributed by atoms with Crippen molar-refractivity contribution in [1.29, 1.82) is 0 Å². The van der Waals surface area contributed by atoms with Crippen LogP contribution in [0.3, 0.4) is 0 Å². The number of aromatic nitrogens is 1. The van der Waals surface area contributed by atoms with E-state index in [2.05, 4.69) is 9.72 Å². The van der Waals surface area contributed by atoms with Crippen molar-refractivity contribution < 1.29 is 27.4 Å². The van der Waals surface area contributed by atoms with Crippen molar-refractivity contribution in [1.82, 2.24) is 4.98 Å². The van der Waals surface area contributed by atoms with Gasteiger partial charge >= 0.3 is 6.36 Å². The molecule has 24 heavy (non-hydrogen) atoms. The minimum atomic E-state index is -4.72. The van der Waals surface area contributed by atoms with Crippen LogP contribution in [0.1, 0.15) is 11.5 Å². The van der Waals surface area contributed by atoms with Crippen LogP contribution in [0.4, 0.5) is 13.2 Å². The molecule has 3 aromatic rings. The fourth-order valence-electron chi connectivity index (χ4n) is 2.14. The molecule has 0 saturated carbocycles. The summed E-state index contributed by atoms with van der Waals surface area (Å²) in [4.78, 5) is 4.31. The molecule has 3 rings (SSSR count). The van der Waals surface area contributed by atoms with E-state index in [-0.39, 0.29) is 11.5 Å². The van der Waals surface area contributed by atoms with Gasteiger partial charge in [0.25, 0.3) is 0 Å². The molecule has 1 aromatic heterocycles. The van der Waals surface area contributed by atoms with Gasteiger partial charge in [-0.1, -0.05) is 12.1 Å². The Hall–Kier alpha value is -2.96. The van der Waals surface area contributed by atoms with Crippen LogP contribution in [-0.2, 0) is 6.42 Å². The highest BCUT2D eigenvalue weighted by Crippen LogP contribution is 2.26. The SMILES string of the molecule is Oc1ccc(Cc2nc(-c3ccc(OC(F)(F)F)cc3)co2)cc1. The van der Waals surface area contributed by atoms with Crippen LogP contribution in [0.25, 0.3) is 11.3 Å². The van der Waals surface area contributed by atoms with E-state index in [4.69, 9.17) is 4.42 Å². The van der Waals surface area contributed by atoms with Gasteiger partial charge in [-0.05, 0) is 42.0 Å². The number of aromatic hydroxyl groups is 1. The van der Waals surface area contributed by atoms with E-state index in [1.807, 2.05) is 0 Å². The molecule has 0 radical (unpaired) electrons. The minimum Gasteiger partial charge on any atom is -0.508 e. The zero-order valence-corrected chi connectivity index (χ0v) is 12.2. The molecular weight excluding hydrogens is 323 g/mol. The van der Waals surface area contributed by atoms with E-state index in [1.54, 1.807) is 24.3 Å². The Balaban J connectivity index is 1.72. The highest BCUT2D eigenvalue weighted by molar-refractivity contribution is 5.59. The molecule has 0 unspecified atom stereocenters. The first-order valence-electron chi connectivity index (χ1n) is 6.97. The van der Waals surface area contributed by atoms with Gasteiger partial charge in [0.05, 0.1) is 0 Å². The minimum absolute atomic E-state index is 0.174. The first-order chi connectivity index (χ1) is 11.4. The molecule has 0 aliphatic rings. The van der Waals surface area contributed by atoms with E-state index < -0.39 is 6.36 Å². The summed E-state index contributed by atoms with van der Waals surface area (Å²) in [6, 6.07) is 12.0. The van der Waals surface area contributed by atoms with Crippen LogP contribution in [-0.4, -0.2) is 16.5 Å². The van der Waals surface area contributed by atoms with Crippen LogP contribution in [0.2, 0.25) is 0 Å². The highest BCUT2D eigenvalue weighted by Gasteiger charge is 2.31. The van der Waals surface area contributed by atoms with Gasteiger partial charge in [0.2, 0.25) is 0 Å². The molecule has 1 heterocycles. The Morgan fingerprint density at radius 3 is 2.29 bits per heavy atom. The lowest BCUT2D eigenvalue weighted by molar-refractivity contribution is -0.274. The fraction of sp³-hybridized carbons (Fsp3) is 0.118. The maximum Gasteiger partial charge on any atom is 0.573 e. The largest absolute Gasteiger partial charge is 0.573 e. The maximum absolute atomic E-state index is 12.1. The molecule has 2 aromatic carbocycles. The quantitative estimate of drug-likeness (QED) is 0.761. The van der Waals surface area contributed by atoms with Gasteiger partial charge in [0.15, 0.2) is 5.89 Å². The lowest BCUT2D eigenvalue weighted by atomic mass is 10.1. The van der Waals surface area contributed by atoms with Crippen molar-refractivity contribution in [3.05, 3.63) is 66.2 Å². The number of hydrogen-bond acceptors (Lipinski definition) is 4. The molecule has 1 N–H and O–H groups in total. The van der Waals surface area contributed by atoms with Crippen LogP contribution in [0.5, 0.6) is 11.5 Å². The van der Waals surface area contributed by atoms with Gasteiger partial charge < -0.3 is 14.3 Å². The van der Waals surface area contributed by atoms with Gasteiger partial charge in [0, 0.05) is 12.0 Å². The summed E-state index contributed by atoms with van der Waals surface area (Å²) in [7, 11) is 0. The number of benzene rings is 2. The smallest absolute Gasteiger partial charge is 0.508 e. The van der Waals surface area contributed by atoms with Crippen molar-refractivity contribution in [2.24, 2.45) is 0 Å². The molecule has 0 atom stereocenters. The van der Waals surface area contributed by atoms with Gasteiger partial charge in [-0.15, -0.1) is 13.2 Å². The van der Waals surface area contributed by atoms with Crippen LogP contribution >= 0.6 is 0 Å². The first kappa shape index (κ1) is 15.9. The monoisotopic (exact) mass is 335 g/mol. The predicted molar refractivity (Wildman–Crippen MR) is 79.5 cm³/mol. The molecule has 0 bridgehead atoms. The second-order valence-corrected chi connectivity index (χ2v) is 5.04. The molecule has 0 aliphatic carbocycles. The number of alkyl halides is 3. The average Bonchev–Trinajstić information content (AvgIpc) is 2.97. The number of nitrogens with zero attached hydrogens (tertiary/aromatic N) is 1. The molecule has 0 amide bonds. The lowest BCUT2D eigenvalue weighted by Crippen LogP contribution is -2.16. The third kappa shape index (κ3) is 4.07. The summed E-state index contributed by atoms with van der Waals surface area (Å²) in [6.45, 7) is 0. The van der Waals surface area contributed by atoms with E-state index in [9.17, 15) is 18.3 Å². The van der Waals surface area contributed by atoms with Crippen molar-refractivity contribution in [2.45, 2.75) is 12.8 Å². The third-order valence-corrected chi connectivity index (χ3v) is 3.23. The standard InChI is InChI=1S/C17H12F3NO3/c18-17(19,20)24-14-7-3-12(4-8-14)15-10-23-16(21-15)9-11-1-5-13(22)6-2-11/h1-8,10,22H,9H2. The summed E-state index contributed by atoms with van der Waals surface area (Å²) < 4.78 is 45.6. The van der Waals surface area contributed by atoms with E-state index in [0.29, 0.717) is 23.6 Å². The van der Waals surface area contributed by atoms with E-state index in [1.165, 1.54) is 30.5 Å². The van der Waals surface area contributed by atoms with Crippen molar-refractivity contribution >= 4 is 0 Å². The highest BCUT2D eigenvalue weighted by atomic mass is 19.4. The number of oxazole rings is 1. The third-order valence-electron chi connectivity index (χ3n) is 3.23. The predicted octanol–water partition coefficient (Wildman–Crippen LogP) is 4.54. The van der Waals surface area contributed by atoms with E-state index >= 15 is 0 Å². The zero-order valence-electron chi connectivity index (χ0n) is 12.2. The summed E-state index contributed by atoms with van der Waals surface area (Å²) in [6.07, 6.45) is -2.84. The Bertz CT molecular complexity index is 808. The van der Waals surface area contributed by atoms with Gasteiger partial charge in [-0.2, -0.15) is 0 Å². The second-order valence-electron chi connectivity index (χ2n) is 5.04. The summed E-state index contributed by atoms with van der Waals surface area (Å²) >= 11 is 0. The average molecular weight is 335 g/mol. The lowest BCUT2D eigenvalue weighted by Gasteiger charge is -2.08. The molecule has 0 spiro atoms. The number of ether oxygens (including phenoxy) is 1. The van der Waals surface area contributed by atoms with Gasteiger partial charge in [-0.25, -0.2) is 4.98 Å². The number of phenolic OH excluding ortho intramolecular Hbond substituents is 1. The van der Waals surface area contributed by atoms with Crippen molar-refractivity contribution in [2.75, 3.05) is 0 Å². The molecule has 0 fully saturated rings. The van der Waals surface area contributed by atoms with Crippen LogP contribution in [0.15, 0.2) is 59.2 Å². The second kappa shape index (κ2) is 6.27. The van der Waals surface area contributed by atoms with Crippen LogP contribution in [0, 0.1) is 0 Å². The molecular formula is C17H12F3NO3. The summed E-state index contributed by atoms with van der Waals surface area (Å²) in [5, 5.41) is 9.25.